The van der Waals surface area contributed by atoms with Gasteiger partial charge >= 0.3 is 0 Å². The largest absolute Gasteiger partial charge is 0.318 e. The summed E-state index contributed by atoms with van der Waals surface area (Å²) in [5, 5.41) is 1.99. The number of carbonyl (C=O) groups is 1. The van der Waals surface area contributed by atoms with Crippen LogP contribution in [0.25, 0.3) is 0 Å². The average molecular weight is 213 g/mol. The molecule has 1 heterocycles. The fourth-order valence-corrected chi connectivity index (χ4v) is 1.91. The van der Waals surface area contributed by atoms with Crippen molar-refractivity contribution < 1.29 is 4.79 Å². The molecule has 4 nitrogen and oxygen atoms in total. The Bertz CT molecular complexity index is 210. The van der Waals surface area contributed by atoms with E-state index in [0.717, 1.165) is 38.8 Å². The van der Waals surface area contributed by atoms with Gasteiger partial charge in [0.15, 0.2) is 0 Å². The van der Waals surface area contributed by atoms with Gasteiger partial charge in [0.25, 0.3) is 5.91 Å². The molecular formula is C11H23N3O. The fourth-order valence-electron chi connectivity index (χ4n) is 1.91. The summed E-state index contributed by atoms with van der Waals surface area (Å²) in [7, 11) is 0. The zero-order chi connectivity index (χ0) is 11.3. The molecule has 0 aliphatic carbocycles. The first-order valence-electron chi connectivity index (χ1n) is 5.91. The van der Waals surface area contributed by atoms with Crippen LogP contribution >= 0.6 is 0 Å². The highest BCUT2D eigenvalue weighted by Crippen LogP contribution is 2.11. The molecule has 1 amide bonds. The van der Waals surface area contributed by atoms with E-state index in [2.05, 4.69) is 5.43 Å². The lowest BCUT2D eigenvalue weighted by molar-refractivity contribution is -0.131. The molecule has 1 unspecified atom stereocenters. The molecule has 1 fully saturated rings. The summed E-state index contributed by atoms with van der Waals surface area (Å²) in [6.07, 6.45) is 5.25. The number of nitrogens with two attached hydrogens (primary N) is 1. The van der Waals surface area contributed by atoms with Crippen LogP contribution < -0.4 is 11.2 Å². The Kier molecular flexibility index (Phi) is 4.54. The summed E-state index contributed by atoms with van der Waals surface area (Å²) in [4.78, 5) is 11.8. The summed E-state index contributed by atoms with van der Waals surface area (Å²) in [5.41, 5.74) is 8.13. The SMILES string of the molecule is CCCC(C)(N)C(=O)NN1CCCCC1. The van der Waals surface area contributed by atoms with E-state index >= 15 is 0 Å². The molecule has 0 spiro atoms. The number of rotatable bonds is 4. The molecular weight excluding hydrogens is 190 g/mol. The molecule has 0 saturated carbocycles. The van der Waals surface area contributed by atoms with Crippen molar-refractivity contribution in [3.8, 4) is 0 Å². The van der Waals surface area contributed by atoms with Crippen LogP contribution in [0.2, 0.25) is 0 Å². The molecule has 1 aliphatic heterocycles. The number of carbonyl (C=O) groups excluding carboxylic acids is 1. The first-order chi connectivity index (χ1) is 7.06. The van der Waals surface area contributed by atoms with Gasteiger partial charge in [0.2, 0.25) is 0 Å². The van der Waals surface area contributed by atoms with E-state index in [1.54, 1.807) is 6.92 Å². The van der Waals surface area contributed by atoms with Gasteiger partial charge in [-0.1, -0.05) is 19.8 Å². The zero-order valence-electron chi connectivity index (χ0n) is 9.88. The van der Waals surface area contributed by atoms with Crippen LogP contribution in [-0.4, -0.2) is 29.5 Å². The van der Waals surface area contributed by atoms with Crippen molar-refractivity contribution in [2.45, 2.75) is 51.5 Å². The highest BCUT2D eigenvalue weighted by atomic mass is 16.2. The van der Waals surface area contributed by atoms with E-state index in [1.165, 1.54) is 6.42 Å². The summed E-state index contributed by atoms with van der Waals surface area (Å²) in [6.45, 7) is 5.75. The number of hydrogen-bond donors (Lipinski definition) is 2. The Morgan fingerprint density at radius 2 is 2.00 bits per heavy atom. The molecule has 4 heteroatoms. The van der Waals surface area contributed by atoms with Crippen molar-refractivity contribution in [3.63, 3.8) is 0 Å². The third kappa shape index (κ3) is 3.80. The molecule has 0 aromatic rings. The number of piperidine rings is 1. The Labute approximate surface area is 92.2 Å². The predicted molar refractivity (Wildman–Crippen MR) is 61.1 cm³/mol. The van der Waals surface area contributed by atoms with Crippen molar-refractivity contribution in [2.75, 3.05) is 13.1 Å². The molecule has 3 N–H and O–H groups in total. The molecule has 0 aromatic carbocycles. The minimum Gasteiger partial charge on any atom is -0.318 e. The average Bonchev–Trinajstić information content (AvgIpc) is 2.19. The van der Waals surface area contributed by atoms with Crippen molar-refractivity contribution in [1.82, 2.24) is 10.4 Å². The van der Waals surface area contributed by atoms with Crippen LogP contribution in [-0.2, 0) is 4.79 Å². The first kappa shape index (κ1) is 12.5. The van der Waals surface area contributed by atoms with E-state index in [4.69, 9.17) is 5.73 Å². The Morgan fingerprint density at radius 3 is 2.53 bits per heavy atom. The van der Waals surface area contributed by atoms with Crippen molar-refractivity contribution in [2.24, 2.45) is 5.73 Å². The van der Waals surface area contributed by atoms with Crippen molar-refractivity contribution >= 4 is 5.91 Å². The quantitative estimate of drug-likeness (QED) is 0.733. The van der Waals surface area contributed by atoms with E-state index in [-0.39, 0.29) is 5.91 Å². The lowest BCUT2D eigenvalue weighted by Gasteiger charge is -2.31. The van der Waals surface area contributed by atoms with Gasteiger partial charge in [0.05, 0.1) is 5.54 Å². The van der Waals surface area contributed by atoms with E-state index in [9.17, 15) is 4.79 Å². The van der Waals surface area contributed by atoms with Gasteiger partial charge in [-0.2, -0.15) is 0 Å². The van der Waals surface area contributed by atoms with Gasteiger partial charge in [0, 0.05) is 13.1 Å². The van der Waals surface area contributed by atoms with Gasteiger partial charge in [-0.25, -0.2) is 5.01 Å². The number of hydrogen-bond acceptors (Lipinski definition) is 3. The molecule has 15 heavy (non-hydrogen) atoms. The van der Waals surface area contributed by atoms with Crippen molar-refractivity contribution in [1.29, 1.82) is 0 Å². The summed E-state index contributed by atoms with van der Waals surface area (Å²) < 4.78 is 0. The minimum absolute atomic E-state index is 0.0498. The molecule has 1 atom stereocenters. The highest BCUT2D eigenvalue weighted by Gasteiger charge is 2.28. The number of nitrogens with one attached hydrogen (secondary N) is 1. The monoisotopic (exact) mass is 213 g/mol. The predicted octanol–water partition coefficient (Wildman–Crippen LogP) is 1.02. The fraction of sp³-hybridized carbons (Fsp3) is 0.909. The van der Waals surface area contributed by atoms with Gasteiger partial charge in [-0.15, -0.1) is 0 Å². The maximum absolute atomic E-state index is 11.8. The summed E-state index contributed by atoms with van der Waals surface area (Å²) in [5.74, 6) is -0.0498. The third-order valence-electron chi connectivity index (χ3n) is 2.90. The van der Waals surface area contributed by atoms with E-state index in [1.807, 2.05) is 11.9 Å². The van der Waals surface area contributed by atoms with Crippen LogP contribution in [0.3, 0.4) is 0 Å². The molecule has 0 radical (unpaired) electrons. The van der Waals surface area contributed by atoms with Gasteiger partial charge in [0.1, 0.15) is 0 Å². The topological polar surface area (TPSA) is 58.4 Å². The summed E-state index contributed by atoms with van der Waals surface area (Å²) in [6, 6.07) is 0. The highest BCUT2D eigenvalue weighted by molar-refractivity contribution is 5.85. The molecule has 88 valence electrons. The summed E-state index contributed by atoms with van der Waals surface area (Å²) >= 11 is 0. The van der Waals surface area contributed by atoms with Crippen LogP contribution in [0.15, 0.2) is 0 Å². The van der Waals surface area contributed by atoms with Crippen LogP contribution in [0.4, 0.5) is 0 Å². The van der Waals surface area contributed by atoms with E-state index < -0.39 is 5.54 Å². The Hall–Kier alpha value is -0.610. The standard InChI is InChI=1S/C11H23N3O/c1-3-7-11(2,12)10(15)13-14-8-5-4-6-9-14/h3-9,12H2,1-2H3,(H,13,15). The molecule has 1 aliphatic rings. The number of hydrazine groups is 1. The minimum atomic E-state index is -0.730. The number of nitrogens with zero attached hydrogens (tertiary/aromatic N) is 1. The maximum Gasteiger partial charge on any atom is 0.254 e. The van der Waals surface area contributed by atoms with Crippen LogP contribution in [0.1, 0.15) is 46.0 Å². The number of amides is 1. The Morgan fingerprint density at radius 1 is 1.40 bits per heavy atom. The van der Waals surface area contributed by atoms with Crippen LogP contribution in [0.5, 0.6) is 0 Å². The Balaban J connectivity index is 2.39. The normalized spacial score (nSPS) is 22.1. The molecule has 0 bridgehead atoms. The molecule has 0 aromatic heterocycles. The first-order valence-corrected chi connectivity index (χ1v) is 5.91. The van der Waals surface area contributed by atoms with Crippen molar-refractivity contribution in [3.05, 3.63) is 0 Å². The third-order valence-corrected chi connectivity index (χ3v) is 2.90. The lowest BCUT2D eigenvalue weighted by atomic mass is 9.97. The van der Waals surface area contributed by atoms with Gasteiger partial charge in [-0.3, -0.25) is 10.2 Å². The lowest BCUT2D eigenvalue weighted by Crippen LogP contribution is -2.57. The molecule has 1 saturated heterocycles. The second-order valence-electron chi connectivity index (χ2n) is 4.66. The van der Waals surface area contributed by atoms with E-state index in [0.29, 0.717) is 0 Å². The maximum atomic E-state index is 11.8. The smallest absolute Gasteiger partial charge is 0.254 e. The van der Waals surface area contributed by atoms with Gasteiger partial charge in [-0.05, 0) is 26.2 Å². The molecule has 1 rings (SSSR count). The van der Waals surface area contributed by atoms with Gasteiger partial charge < -0.3 is 5.73 Å². The zero-order valence-corrected chi connectivity index (χ0v) is 9.88. The van der Waals surface area contributed by atoms with Crippen LogP contribution in [0, 0.1) is 0 Å². The second-order valence-corrected chi connectivity index (χ2v) is 4.66. The second kappa shape index (κ2) is 5.47.